The van der Waals surface area contributed by atoms with E-state index in [-0.39, 0.29) is 5.97 Å². The van der Waals surface area contributed by atoms with Crippen LogP contribution in [-0.4, -0.2) is 19.0 Å². The molecule has 0 N–H and O–H groups in total. The summed E-state index contributed by atoms with van der Waals surface area (Å²) >= 11 is 4.64. The van der Waals surface area contributed by atoms with Crippen molar-refractivity contribution in [3.63, 3.8) is 0 Å². The fraction of sp³-hybridized carbons (Fsp3) is 0.571. The number of esters is 1. The van der Waals surface area contributed by atoms with Gasteiger partial charge in [0.2, 0.25) is 0 Å². The molecule has 2 nitrogen and oxygen atoms in total. The molecule has 0 aromatic heterocycles. The maximum atomic E-state index is 10.4. The van der Waals surface area contributed by atoms with E-state index in [0.29, 0.717) is 12.2 Å². The topological polar surface area (TPSA) is 26.3 Å². The van der Waals surface area contributed by atoms with Crippen LogP contribution >= 0.6 is 11.6 Å². The summed E-state index contributed by atoms with van der Waals surface area (Å²) < 4.78 is 4.56. The molecule has 0 aliphatic carbocycles. The molecular formula is C7H13ClO2. The van der Waals surface area contributed by atoms with Gasteiger partial charge in [0.25, 0.3) is 0 Å². The van der Waals surface area contributed by atoms with Gasteiger partial charge < -0.3 is 4.74 Å². The molecule has 60 valence electrons. The predicted octanol–water partition coefficient (Wildman–Crippen LogP) is 1.98. The van der Waals surface area contributed by atoms with Gasteiger partial charge in [-0.15, -0.1) is 11.6 Å². The molecular weight excluding hydrogens is 152 g/mol. The number of carbonyl (C=O) groups is 1. The highest BCUT2D eigenvalue weighted by molar-refractivity contribution is 6.15. The molecule has 0 radical (unpaired) electrons. The minimum atomic E-state index is -0.312. The molecule has 3 heteroatoms. The molecule has 0 unspecified atom stereocenters. The van der Waals surface area contributed by atoms with Crippen LogP contribution in [0.1, 0.15) is 13.8 Å². The summed E-state index contributed by atoms with van der Waals surface area (Å²) in [6, 6.07) is 0. The third kappa shape index (κ3) is 7.50. The lowest BCUT2D eigenvalue weighted by molar-refractivity contribution is -0.138. The first-order valence-corrected chi connectivity index (χ1v) is 3.64. The van der Waals surface area contributed by atoms with Crippen molar-refractivity contribution in [3.8, 4) is 0 Å². The SMILES string of the molecule is C=C(C)C(=O)OCC.CCl. The molecule has 0 fully saturated rings. The van der Waals surface area contributed by atoms with Crippen molar-refractivity contribution >= 4 is 17.6 Å². The zero-order valence-electron chi connectivity index (χ0n) is 6.61. The Hall–Kier alpha value is -0.500. The predicted molar refractivity (Wildman–Crippen MR) is 43.2 cm³/mol. The summed E-state index contributed by atoms with van der Waals surface area (Å²) in [5.41, 5.74) is 0.451. The van der Waals surface area contributed by atoms with Gasteiger partial charge in [0.15, 0.2) is 0 Å². The van der Waals surface area contributed by atoms with Gasteiger partial charge in [-0.2, -0.15) is 0 Å². The number of halogens is 1. The maximum absolute atomic E-state index is 10.4. The Bertz CT molecular complexity index is 110. The summed E-state index contributed by atoms with van der Waals surface area (Å²) in [6.07, 6.45) is 1.47. The van der Waals surface area contributed by atoms with E-state index in [9.17, 15) is 4.79 Å². The smallest absolute Gasteiger partial charge is 0.333 e. The Morgan fingerprint density at radius 3 is 2.10 bits per heavy atom. The standard InChI is InChI=1S/C6H10O2.CH3Cl/c1-4-8-6(7)5(2)3;1-2/h2,4H2,1,3H3;1H3. The Morgan fingerprint density at radius 2 is 2.00 bits per heavy atom. The van der Waals surface area contributed by atoms with Crippen LogP contribution in [0.4, 0.5) is 0 Å². The average molecular weight is 165 g/mol. The molecule has 0 aliphatic rings. The molecule has 0 amide bonds. The maximum Gasteiger partial charge on any atom is 0.333 e. The number of rotatable bonds is 2. The Labute approximate surface area is 66.8 Å². The fourth-order valence-corrected chi connectivity index (χ4v) is 0.254. The van der Waals surface area contributed by atoms with Gasteiger partial charge in [0.1, 0.15) is 0 Å². The molecule has 0 rings (SSSR count). The number of hydrogen-bond acceptors (Lipinski definition) is 2. The van der Waals surface area contributed by atoms with E-state index in [2.05, 4.69) is 22.9 Å². The highest BCUT2D eigenvalue weighted by Gasteiger charge is 1.98. The Balaban J connectivity index is 0. The van der Waals surface area contributed by atoms with Crippen molar-refractivity contribution in [2.75, 3.05) is 13.0 Å². The highest BCUT2D eigenvalue weighted by atomic mass is 35.5. The second-order valence-corrected chi connectivity index (χ2v) is 1.50. The first-order valence-electron chi connectivity index (χ1n) is 2.89. The van der Waals surface area contributed by atoms with Crippen LogP contribution < -0.4 is 0 Å². The van der Waals surface area contributed by atoms with Crippen LogP contribution in [-0.2, 0) is 9.53 Å². The lowest BCUT2D eigenvalue weighted by atomic mass is 10.4. The van der Waals surface area contributed by atoms with Crippen molar-refractivity contribution in [2.24, 2.45) is 0 Å². The summed E-state index contributed by atoms with van der Waals surface area (Å²) in [5, 5.41) is 0. The largest absolute Gasteiger partial charge is 0.463 e. The van der Waals surface area contributed by atoms with E-state index in [1.54, 1.807) is 13.8 Å². The van der Waals surface area contributed by atoms with Crippen LogP contribution in [0.25, 0.3) is 0 Å². The van der Waals surface area contributed by atoms with Crippen molar-refractivity contribution in [1.29, 1.82) is 0 Å². The zero-order valence-corrected chi connectivity index (χ0v) is 7.36. The minimum absolute atomic E-state index is 0.312. The van der Waals surface area contributed by atoms with Gasteiger partial charge in [-0.25, -0.2) is 4.79 Å². The Kier molecular flexibility index (Phi) is 10.4. The lowest BCUT2D eigenvalue weighted by Crippen LogP contribution is -2.03. The van der Waals surface area contributed by atoms with E-state index in [1.807, 2.05) is 0 Å². The molecule has 0 heterocycles. The van der Waals surface area contributed by atoms with Crippen molar-refractivity contribution < 1.29 is 9.53 Å². The van der Waals surface area contributed by atoms with Crippen LogP contribution in [0, 0.1) is 0 Å². The molecule has 0 spiro atoms. The summed E-state index contributed by atoms with van der Waals surface area (Å²) in [7, 11) is 0. The number of alkyl halides is 1. The second kappa shape index (κ2) is 8.50. The molecule has 0 atom stereocenters. The number of hydrogen-bond donors (Lipinski definition) is 0. The summed E-state index contributed by atoms with van der Waals surface area (Å²) in [4.78, 5) is 10.4. The van der Waals surface area contributed by atoms with Crippen LogP contribution in [0.5, 0.6) is 0 Å². The van der Waals surface area contributed by atoms with E-state index in [0.717, 1.165) is 0 Å². The minimum Gasteiger partial charge on any atom is -0.463 e. The van der Waals surface area contributed by atoms with Gasteiger partial charge in [0, 0.05) is 12.0 Å². The molecule has 0 aromatic rings. The Morgan fingerprint density at radius 1 is 1.60 bits per heavy atom. The molecule has 0 bridgehead atoms. The van der Waals surface area contributed by atoms with Crippen molar-refractivity contribution in [3.05, 3.63) is 12.2 Å². The zero-order chi connectivity index (χ0) is 8.57. The van der Waals surface area contributed by atoms with E-state index < -0.39 is 0 Å². The van der Waals surface area contributed by atoms with Gasteiger partial charge in [-0.1, -0.05) is 6.58 Å². The van der Waals surface area contributed by atoms with Crippen molar-refractivity contribution in [1.82, 2.24) is 0 Å². The molecule has 0 saturated heterocycles. The fourth-order valence-electron chi connectivity index (χ4n) is 0.254. The number of ether oxygens (including phenoxy) is 1. The van der Waals surface area contributed by atoms with Gasteiger partial charge >= 0.3 is 5.97 Å². The van der Waals surface area contributed by atoms with Gasteiger partial charge in [0.05, 0.1) is 6.61 Å². The van der Waals surface area contributed by atoms with Gasteiger partial charge in [-0.05, 0) is 13.8 Å². The highest BCUT2D eigenvalue weighted by Crippen LogP contribution is 1.89. The first-order chi connectivity index (χ1) is 4.68. The summed E-state index contributed by atoms with van der Waals surface area (Å²) in [6.45, 7) is 7.21. The molecule has 0 saturated carbocycles. The third-order valence-corrected chi connectivity index (χ3v) is 0.624. The van der Waals surface area contributed by atoms with E-state index in [4.69, 9.17) is 0 Å². The summed E-state index contributed by atoms with van der Waals surface area (Å²) in [5.74, 6) is -0.312. The average Bonchev–Trinajstić information content (AvgIpc) is 1.93. The van der Waals surface area contributed by atoms with E-state index >= 15 is 0 Å². The molecule has 0 aromatic carbocycles. The first kappa shape index (κ1) is 12.2. The van der Waals surface area contributed by atoms with Gasteiger partial charge in [-0.3, -0.25) is 0 Å². The second-order valence-electron chi connectivity index (χ2n) is 1.50. The van der Waals surface area contributed by atoms with Crippen LogP contribution in [0.15, 0.2) is 12.2 Å². The lowest BCUT2D eigenvalue weighted by Gasteiger charge is -1.96. The van der Waals surface area contributed by atoms with E-state index in [1.165, 1.54) is 6.38 Å². The van der Waals surface area contributed by atoms with Crippen LogP contribution in [0.3, 0.4) is 0 Å². The third-order valence-electron chi connectivity index (χ3n) is 0.624. The monoisotopic (exact) mass is 164 g/mol. The molecule has 10 heavy (non-hydrogen) atoms. The quantitative estimate of drug-likeness (QED) is 0.355. The number of carbonyl (C=O) groups excluding carboxylic acids is 1. The normalized spacial score (nSPS) is 7.20. The van der Waals surface area contributed by atoms with Crippen molar-refractivity contribution in [2.45, 2.75) is 13.8 Å². The van der Waals surface area contributed by atoms with Crippen LogP contribution in [0.2, 0.25) is 0 Å². The molecule has 0 aliphatic heterocycles.